The molecule has 0 amide bonds. The summed E-state index contributed by atoms with van der Waals surface area (Å²) < 4.78 is 0. The normalized spacial score (nSPS) is 15.1. The van der Waals surface area contributed by atoms with E-state index in [9.17, 15) is 0 Å². The van der Waals surface area contributed by atoms with Crippen LogP contribution in [0.25, 0.3) is 0 Å². The number of likely N-dealkylation sites (N-methyl/N-ethyl adjacent to an activating group) is 1. The summed E-state index contributed by atoms with van der Waals surface area (Å²) in [7, 11) is 2.15. The molecule has 0 N–H and O–H groups in total. The van der Waals surface area contributed by atoms with E-state index in [4.69, 9.17) is 0 Å². The number of hydrogen-bond donors (Lipinski definition) is 0. The van der Waals surface area contributed by atoms with Crippen LogP contribution in [-0.2, 0) is 0 Å². The Labute approximate surface area is 118 Å². The van der Waals surface area contributed by atoms with E-state index >= 15 is 0 Å². The molecule has 0 spiro atoms. The Bertz CT molecular complexity index is 446. The summed E-state index contributed by atoms with van der Waals surface area (Å²) in [5.74, 6) is 0. The Morgan fingerprint density at radius 1 is 1.05 bits per heavy atom. The minimum Gasteiger partial charge on any atom is -0.371 e. The van der Waals surface area contributed by atoms with Crippen molar-refractivity contribution in [2.24, 2.45) is 0 Å². The van der Waals surface area contributed by atoms with Crippen LogP contribution >= 0.6 is 0 Å². The van der Waals surface area contributed by atoms with Gasteiger partial charge in [0.15, 0.2) is 0 Å². The maximum atomic E-state index is 2.38. The van der Waals surface area contributed by atoms with Gasteiger partial charge in [-0.05, 0) is 32.1 Å². The molecule has 2 nitrogen and oxygen atoms in total. The van der Waals surface area contributed by atoms with Crippen LogP contribution in [0, 0.1) is 0 Å². The second-order valence-electron chi connectivity index (χ2n) is 4.28. The maximum absolute atomic E-state index is 2.38. The summed E-state index contributed by atoms with van der Waals surface area (Å²) in [6.07, 6.45) is 6.43. The lowest BCUT2D eigenvalue weighted by atomic mass is 10.1. The predicted octanol–water partition coefficient (Wildman–Crippen LogP) is 4.45. The minimum atomic E-state index is 1.04. The van der Waals surface area contributed by atoms with Crippen LogP contribution in [0.4, 0.5) is 11.4 Å². The molecular formula is C17H26N2. The van der Waals surface area contributed by atoms with Crippen molar-refractivity contribution in [1.29, 1.82) is 0 Å². The molecular weight excluding hydrogens is 232 g/mol. The van der Waals surface area contributed by atoms with Crippen molar-refractivity contribution >= 4 is 11.4 Å². The van der Waals surface area contributed by atoms with E-state index in [1.54, 1.807) is 0 Å². The quantitative estimate of drug-likeness (QED) is 0.723. The molecule has 0 aliphatic carbocycles. The van der Waals surface area contributed by atoms with Gasteiger partial charge in [0.05, 0.1) is 11.4 Å². The van der Waals surface area contributed by atoms with Gasteiger partial charge in [0.25, 0.3) is 0 Å². The maximum Gasteiger partial charge on any atom is 0.0649 e. The van der Waals surface area contributed by atoms with Crippen LogP contribution in [0.3, 0.4) is 0 Å². The van der Waals surface area contributed by atoms with Gasteiger partial charge in [0, 0.05) is 25.8 Å². The fraction of sp³-hybridized carbons (Fsp3) is 0.412. The third-order valence-electron chi connectivity index (χ3n) is 3.19. The van der Waals surface area contributed by atoms with Crippen molar-refractivity contribution in [2.75, 3.05) is 29.9 Å². The molecule has 0 fully saturated rings. The van der Waals surface area contributed by atoms with Gasteiger partial charge in [-0.25, -0.2) is 0 Å². The van der Waals surface area contributed by atoms with Crippen LogP contribution in [0.2, 0.25) is 0 Å². The molecule has 0 saturated carbocycles. The molecule has 0 aromatic heterocycles. The van der Waals surface area contributed by atoms with E-state index in [0.29, 0.717) is 0 Å². The highest BCUT2D eigenvalue weighted by Gasteiger charge is 2.20. The Kier molecular flexibility index (Phi) is 6.20. The second kappa shape index (κ2) is 7.67. The molecule has 0 bridgehead atoms. The van der Waals surface area contributed by atoms with E-state index < -0.39 is 0 Å². The van der Waals surface area contributed by atoms with E-state index in [2.05, 4.69) is 73.2 Å². The van der Waals surface area contributed by atoms with Gasteiger partial charge in [-0.1, -0.05) is 38.1 Å². The summed E-state index contributed by atoms with van der Waals surface area (Å²) in [6.45, 7) is 10.3. The van der Waals surface area contributed by atoms with E-state index in [1.807, 2.05) is 13.8 Å². The average Bonchev–Trinajstić information content (AvgIpc) is 2.48. The van der Waals surface area contributed by atoms with Crippen molar-refractivity contribution in [3.05, 3.63) is 48.2 Å². The highest BCUT2D eigenvalue weighted by Crippen LogP contribution is 2.34. The highest BCUT2D eigenvalue weighted by atomic mass is 15.3. The van der Waals surface area contributed by atoms with Crippen LogP contribution < -0.4 is 9.80 Å². The molecule has 1 heterocycles. The summed E-state index contributed by atoms with van der Waals surface area (Å²) in [4.78, 5) is 4.70. The number of anilines is 2. The Hall–Kier alpha value is -1.70. The van der Waals surface area contributed by atoms with Gasteiger partial charge < -0.3 is 9.80 Å². The second-order valence-corrected chi connectivity index (χ2v) is 4.28. The highest BCUT2D eigenvalue weighted by molar-refractivity contribution is 5.75. The zero-order valence-corrected chi connectivity index (χ0v) is 12.9. The fourth-order valence-electron chi connectivity index (χ4n) is 2.29. The molecule has 1 aliphatic rings. The van der Waals surface area contributed by atoms with Gasteiger partial charge in [-0.2, -0.15) is 0 Å². The first-order chi connectivity index (χ1) is 9.27. The van der Waals surface area contributed by atoms with Crippen LogP contribution in [0.5, 0.6) is 0 Å². The molecule has 0 atom stereocenters. The predicted molar refractivity (Wildman–Crippen MR) is 87.0 cm³/mol. The monoisotopic (exact) mass is 258 g/mol. The Balaban J connectivity index is 0.000000861. The number of hydrogen-bond acceptors (Lipinski definition) is 2. The van der Waals surface area contributed by atoms with E-state index in [0.717, 1.165) is 13.1 Å². The van der Waals surface area contributed by atoms with Crippen molar-refractivity contribution in [3.63, 3.8) is 0 Å². The van der Waals surface area contributed by atoms with Crippen molar-refractivity contribution < 1.29 is 0 Å². The number of benzene rings is 1. The third kappa shape index (κ3) is 3.40. The van der Waals surface area contributed by atoms with Gasteiger partial charge in [0.1, 0.15) is 0 Å². The topological polar surface area (TPSA) is 6.48 Å². The number of allylic oxidation sites excluding steroid dienone is 3. The SMILES string of the molecule is C/C=C\C(=C/C)N1CCN(C)c2ccccc21.CC. The summed E-state index contributed by atoms with van der Waals surface area (Å²) in [5.41, 5.74) is 3.88. The average molecular weight is 258 g/mol. The summed E-state index contributed by atoms with van der Waals surface area (Å²) in [6, 6.07) is 8.58. The lowest BCUT2D eigenvalue weighted by Gasteiger charge is -2.37. The summed E-state index contributed by atoms with van der Waals surface area (Å²) in [5, 5.41) is 0. The minimum absolute atomic E-state index is 1.04. The van der Waals surface area contributed by atoms with E-state index in [1.165, 1.54) is 17.1 Å². The molecule has 0 saturated heterocycles. The Morgan fingerprint density at radius 3 is 2.26 bits per heavy atom. The van der Waals surface area contributed by atoms with Crippen molar-refractivity contribution in [3.8, 4) is 0 Å². The molecule has 0 radical (unpaired) electrons. The first-order valence-electron chi connectivity index (χ1n) is 7.14. The van der Waals surface area contributed by atoms with Crippen LogP contribution in [0.15, 0.2) is 48.2 Å². The number of fused-ring (bicyclic) bond motifs is 1. The first-order valence-corrected chi connectivity index (χ1v) is 7.14. The standard InChI is InChI=1S/C15H20N2.C2H6/c1-4-8-13(5-2)17-12-11-16(3)14-9-6-7-10-15(14)17;1-2/h4-10H,11-12H2,1-3H3;1-2H3/b8-4-,13-5+;. The fourth-order valence-corrected chi connectivity index (χ4v) is 2.29. The number of nitrogens with zero attached hydrogens (tertiary/aromatic N) is 2. The van der Waals surface area contributed by atoms with E-state index in [-0.39, 0.29) is 0 Å². The molecule has 2 heteroatoms. The molecule has 0 unspecified atom stereocenters. The zero-order chi connectivity index (χ0) is 14.3. The number of rotatable bonds is 2. The molecule has 104 valence electrons. The first kappa shape index (κ1) is 15.4. The largest absolute Gasteiger partial charge is 0.371 e. The lowest BCUT2D eigenvalue weighted by Crippen LogP contribution is -2.38. The molecule has 1 aromatic carbocycles. The van der Waals surface area contributed by atoms with Crippen molar-refractivity contribution in [1.82, 2.24) is 0 Å². The molecule has 2 rings (SSSR count). The third-order valence-corrected chi connectivity index (χ3v) is 3.19. The van der Waals surface area contributed by atoms with Crippen molar-refractivity contribution in [2.45, 2.75) is 27.7 Å². The van der Waals surface area contributed by atoms with Crippen LogP contribution in [-0.4, -0.2) is 20.1 Å². The van der Waals surface area contributed by atoms with Gasteiger partial charge in [-0.15, -0.1) is 0 Å². The molecule has 1 aliphatic heterocycles. The molecule has 19 heavy (non-hydrogen) atoms. The zero-order valence-electron chi connectivity index (χ0n) is 12.9. The van der Waals surface area contributed by atoms with Gasteiger partial charge >= 0.3 is 0 Å². The lowest BCUT2D eigenvalue weighted by molar-refractivity contribution is 0.803. The molecule has 1 aromatic rings. The summed E-state index contributed by atoms with van der Waals surface area (Å²) >= 11 is 0. The number of para-hydroxylation sites is 2. The van der Waals surface area contributed by atoms with Gasteiger partial charge in [-0.3, -0.25) is 0 Å². The van der Waals surface area contributed by atoms with Crippen LogP contribution in [0.1, 0.15) is 27.7 Å². The Morgan fingerprint density at radius 2 is 1.68 bits per heavy atom. The van der Waals surface area contributed by atoms with Gasteiger partial charge in [0.2, 0.25) is 0 Å². The smallest absolute Gasteiger partial charge is 0.0649 e.